The largest absolute Gasteiger partial charge is 0.344 e. The molecule has 1 heterocycles. The number of hydrogen-bond acceptors (Lipinski definition) is 3. The molecule has 1 fully saturated rings. The van der Waals surface area contributed by atoms with Crippen LogP contribution in [-0.4, -0.2) is 62.0 Å². The number of likely N-dealkylation sites (N-methyl/N-ethyl adjacent to an activating group) is 1. The lowest BCUT2D eigenvalue weighted by Gasteiger charge is -2.31. The van der Waals surface area contributed by atoms with Gasteiger partial charge in [-0.15, -0.1) is 5.92 Å². The SMILES string of the molecule is CC#CCNC(=O)CN1CCN(C)CC1. The Labute approximate surface area is 91.6 Å². The average molecular weight is 209 g/mol. The molecule has 0 aromatic rings. The molecule has 1 saturated heterocycles. The Kier molecular flexibility index (Phi) is 5.16. The van der Waals surface area contributed by atoms with Crippen LogP contribution in [0.25, 0.3) is 0 Å². The molecule has 0 bridgehead atoms. The fraction of sp³-hybridized carbons (Fsp3) is 0.727. The summed E-state index contributed by atoms with van der Waals surface area (Å²) in [6.07, 6.45) is 0. The molecule has 15 heavy (non-hydrogen) atoms. The van der Waals surface area contributed by atoms with Gasteiger partial charge in [-0.25, -0.2) is 0 Å². The van der Waals surface area contributed by atoms with Crippen LogP contribution in [0.2, 0.25) is 0 Å². The predicted octanol–water partition coefficient (Wildman–Crippen LogP) is -0.627. The normalized spacial score (nSPS) is 18.0. The van der Waals surface area contributed by atoms with Gasteiger partial charge >= 0.3 is 0 Å². The molecule has 0 spiro atoms. The van der Waals surface area contributed by atoms with E-state index in [1.165, 1.54) is 0 Å². The van der Waals surface area contributed by atoms with Gasteiger partial charge in [-0.1, -0.05) is 5.92 Å². The minimum atomic E-state index is 0.0716. The van der Waals surface area contributed by atoms with E-state index in [0.29, 0.717) is 13.1 Å². The first kappa shape index (κ1) is 12.0. The van der Waals surface area contributed by atoms with Crippen molar-refractivity contribution in [1.29, 1.82) is 0 Å². The molecule has 0 aromatic carbocycles. The standard InChI is InChI=1S/C11H19N3O/c1-3-4-5-12-11(15)10-14-8-6-13(2)7-9-14/h5-10H2,1-2H3,(H,12,15). The number of nitrogens with zero attached hydrogens (tertiary/aromatic N) is 2. The van der Waals surface area contributed by atoms with Crippen LogP contribution in [0, 0.1) is 11.8 Å². The first-order valence-corrected chi connectivity index (χ1v) is 5.29. The number of piperazine rings is 1. The van der Waals surface area contributed by atoms with E-state index >= 15 is 0 Å². The molecule has 0 atom stereocenters. The molecule has 84 valence electrons. The smallest absolute Gasteiger partial charge is 0.234 e. The van der Waals surface area contributed by atoms with E-state index in [-0.39, 0.29) is 5.91 Å². The third-order valence-electron chi connectivity index (χ3n) is 2.51. The zero-order chi connectivity index (χ0) is 11.1. The number of amides is 1. The molecule has 0 radical (unpaired) electrons. The quantitative estimate of drug-likeness (QED) is 0.629. The van der Waals surface area contributed by atoms with Gasteiger partial charge < -0.3 is 10.2 Å². The monoisotopic (exact) mass is 209 g/mol. The van der Waals surface area contributed by atoms with Gasteiger partial charge in [0, 0.05) is 26.2 Å². The molecular weight excluding hydrogens is 190 g/mol. The van der Waals surface area contributed by atoms with Crippen molar-refractivity contribution in [3.8, 4) is 11.8 Å². The van der Waals surface area contributed by atoms with E-state index in [0.717, 1.165) is 26.2 Å². The lowest BCUT2D eigenvalue weighted by Crippen LogP contribution is -2.48. The maximum absolute atomic E-state index is 11.4. The van der Waals surface area contributed by atoms with Crippen LogP contribution < -0.4 is 5.32 Å². The van der Waals surface area contributed by atoms with Crippen LogP contribution in [0.15, 0.2) is 0 Å². The molecule has 1 N–H and O–H groups in total. The number of nitrogens with one attached hydrogen (secondary N) is 1. The summed E-state index contributed by atoms with van der Waals surface area (Å²) in [5.74, 6) is 5.63. The van der Waals surface area contributed by atoms with E-state index in [4.69, 9.17) is 0 Å². The predicted molar refractivity (Wildman–Crippen MR) is 60.4 cm³/mol. The summed E-state index contributed by atoms with van der Waals surface area (Å²) >= 11 is 0. The molecule has 1 aliphatic rings. The third-order valence-corrected chi connectivity index (χ3v) is 2.51. The highest BCUT2D eigenvalue weighted by atomic mass is 16.2. The van der Waals surface area contributed by atoms with E-state index in [2.05, 4.69) is 34.0 Å². The number of carbonyl (C=O) groups is 1. The second-order valence-corrected chi connectivity index (χ2v) is 3.78. The van der Waals surface area contributed by atoms with E-state index < -0.39 is 0 Å². The molecule has 1 amide bonds. The zero-order valence-electron chi connectivity index (χ0n) is 9.55. The Morgan fingerprint density at radius 3 is 2.60 bits per heavy atom. The maximum atomic E-state index is 11.4. The van der Waals surface area contributed by atoms with Gasteiger partial charge in [0.1, 0.15) is 0 Å². The Bertz CT molecular complexity index is 259. The summed E-state index contributed by atoms with van der Waals surface area (Å²) in [5, 5.41) is 2.77. The Balaban J connectivity index is 2.16. The first-order chi connectivity index (χ1) is 7.22. The summed E-state index contributed by atoms with van der Waals surface area (Å²) < 4.78 is 0. The molecule has 0 aliphatic carbocycles. The number of hydrogen-bond donors (Lipinski definition) is 1. The van der Waals surface area contributed by atoms with Crippen LogP contribution in [0.4, 0.5) is 0 Å². The van der Waals surface area contributed by atoms with E-state index in [1.54, 1.807) is 6.92 Å². The molecule has 1 rings (SSSR count). The van der Waals surface area contributed by atoms with Crippen LogP contribution in [0.3, 0.4) is 0 Å². The summed E-state index contributed by atoms with van der Waals surface area (Å²) in [7, 11) is 2.11. The van der Waals surface area contributed by atoms with Crippen molar-refractivity contribution in [3.63, 3.8) is 0 Å². The van der Waals surface area contributed by atoms with E-state index in [9.17, 15) is 4.79 Å². The van der Waals surface area contributed by atoms with Gasteiger partial charge in [-0.05, 0) is 14.0 Å². The van der Waals surface area contributed by atoms with Gasteiger partial charge in [0.15, 0.2) is 0 Å². The fourth-order valence-corrected chi connectivity index (χ4v) is 1.50. The lowest BCUT2D eigenvalue weighted by molar-refractivity contribution is -0.122. The van der Waals surface area contributed by atoms with Crippen LogP contribution in [0.5, 0.6) is 0 Å². The van der Waals surface area contributed by atoms with Crippen molar-refractivity contribution >= 4 is 5.91 Å². The Hall–Kier alpha value is -1.05. The topological polar surface area (TPSA) is 35.6 Å². The van der Waals surface area contributed by atoms with Gasteiger partial charge in [0.2, 0.25) is 5.91 Å². The minimum absolute atomic E-state index is 0.0716. The Morgan fingerprint density at radius 1 is 1.33 bits per heavy atom. The molecule has 1 aliphatic heterocycles. The average Bonchev–Trinajstić information content (AvgIpc) is 2.22. The highest BCUT2D eigenvalue weighted by Crippen LogP contribution is 1.97. The van der Waals surface area contributed by atoms with Gasteiger partial charge in [-0.3, -0.25) is 9.69 Å². The summed E-state index contributed by atoms with van der Waals surface area (Å²) in [6.45, 7) is 6.77. The zero-order valence-corrected chi connectivity index (χ0v) is 9.55. The van der Waals surface area contributed by atoms with Crippen molar-refractivity contribution in [2.24, 2.45) is 0 Å². The van der Waals surface area contributed by atoms with Crippen molar-refractivity contribution in [3.05, 3.63) is 0 Å². The van der Waals surface area contributed by atoms with Crippen LogP contribution in [0.1, 0.15) is 6.92 Å². The van der Waals surface area contributed by atoms with Gasteiger partial charge in [-0.2, -0.15) is 0 Å². The highest BCUT2D eigenvalue weighted by molar-refractivity contribution is 5.78. The fourth-order valence-electron chi connectivity index (χ4n) is 1.50. The second kappa shape index (κ2) is 6.44. The molecule has 0 saturated carbocycles. The molecule has 0 aromatic heterocycles. The van der Waals surface area contributed by atoms with Crippen molar-refractivity contribution in [2.75, 3.05) is 46.3 Å². The maximum Gasteiger partial charge on any atom is 0.234 e. The minimum Gasteiger partial charge on any atom is -0.344 e. The molecular formula is C11H19N3O. The van der Waals surface area contributed by atoms with Crippen molar-refractivity contribution < 1.29 is 4.79 Å². The van der Waals surface area contributed by atoms with E-state index in [1.807, 2.05) is 0 Å². The summed E-state index contributed by atoms with van der Waals surface area (Å²) in [5.41, 5.74) is 0. The third kappa shape index (κ3) is 4.82. The van der Waals surface area contributed by atoms with Gasteiger partial charge in [0.05, 0.1) is 13.1 Å². The lowest BCUT2D eigenvalue weighted by atomic mass is 10.3. The van der Waals surface area contributed by atoms with Crippen LogP contribution >= 0.6 is 0 Å². The summed E-state index contributed by atoms with van der Waals surface area (Å²) in [6, 6.07) is 0. The van der Waals surface area contributed by atoms with Gasteiger partial charge in [0.25, 0.3) is 0 Å². The second-order valence-electron chi connectivity index (χ2n) is 3.78. The molecule has 0 unspecified atom stereocenters. The summed E-state index contributed by atoms with van der Waals surface area (Å²) in [4.78, 5) is 15.9. The first-order valence-electron chi connectivity index (χ1n) is 5.29. The molecule has 4 heteroatoms. The van der Waals surface area contributed by atoms with Crippen LogP contribution in [-0.2, 0) is 4.79 Å². The molecule has 4 nitrogen and oxygen atoms in total. The highest BCUT2D eigenvalue weighted by Gasteiger charge is 2.15. The number of rotatable bonds is 3. The van der Waals surface area contributed by atoms with Crippen molar-refractivity contribution in [2.45, 2.75) is 6.92 Å². The van der Waals surface area contributed by atoms with Crippen molar-refractivity contribution in [1.82, 2.24) is 15.1 Å². The number of carbonyl (C=O) groups excluding carboxylic acids is 1. The Morgan fingerprint density at radius 2 is 2.00 bits per heavy atom.